The van der Waals surface area contributed by atoms with Crippen molar-refractivity contribution < 1.29 is 18.7 Å². The summed E-state index contributed by atoms with van der Waals surface area (Å²) in [6, 6.07) is 6.82. The van der Waals surface area contributed by atoms with Crippen molar-refractivity contribution in [3.63, 3.8) is 0 Å². The summed E-state index contributed by atoms with van der Waals surface area (Å²) < 4.78 is 20.8. The van der Waals surface area contributed by atoms with Crippen LogP contribution in [0.25, 0.3) is 11.1 Å². The smallest absolute Gasteiger partial charge is 0.354 e. The van der Waals surface area contributed by atoms with Gasteiger partial charge >= 0.3 is 5.97 Å². The number of aromatic nitrogens is 2. The SMILES string of the molecule is Cn1ncc(-c2ccc(CS(=O)O)cc2)c1C(=O)O. The van der Waals surface area contributed by atoms with Gasteiger partial charge in [-0.25, -0.2) is 9.00 Å². The molecule has 0 saturated heterocycles. The summed E-state index contributed by atoms with van der Waals surface area (Å²) in [5.74, 6) is -0.991. The van der Waals surface area contributed by atoms with Gasteiger partial charge in [-0.1, -0.05) is 24.3 Å². The highest BCUT2D eigenvalue weighted by Gasteiger charge is 2.16. The minimum Gasteiger partial charge on any atom is -0.477 e. The van der Waals surface area contributed by atoms with E-state index in [9.17, 15) is 9.00 Å². The van der Waals surface area contributed by atoms with Crippen LogP contribution in [0.5, 0.6) is 0 Å². The number of carbonyl (C=O) groups is 1. The molecule has 2 aromatic rings. The van der Waals surface area contributed by atoms with Crippen molar-refractivity contribution in [2.75, 3.05) is 0 Å². The van der Waals surface area contributed by atoms with Crippen LogP contribution in [-0.4, -0.2) is 29.6 Å². The Morgan fingerprint density at radius 3 is 2.53 bits per heavy atom. The number of aromatic carboxylic acids is 1. The quantitative estimate of drug-likeness (QED) is 0.828. The van der Waals surface area contributed by atoms with Gasteiger partial charge in [0.05, 0.1) is 11.9 Å². The zero-order valence-corrected chi connectivity index (χ0v) is 10.9. The highest BCUT2D eigenvalue weighted by Crippen LogP contribution is 2.23. The van der Waals surface area contributed by atoms with Crippen molar-refractivity contribution >= 4 is 17.0 Å². The van der Waals surface area contributed by atoms with Crippen LogP contribution in [0.15, 0.2) is 30.5 Å². The highest BCUT2D eigenvalue weighted by molar-refractivity contribution is 7.78. The topological polar surface area (TPSA) is 92.4 Å². The van der Waals surface area contributed by atoms with E-state index in [1.807, 2.05) is 0 Å². The lowest BCUT2D eigenvalue weighted by atomic mass is 10.0. The summed E-state index contributed by atoms with van der Waals surface area (Å²) in [4.78, 5) is 11.2. The predicted molar refractivity (Wildman–Crippen MR) is 70.1 cm³/mol. The lowest BCUT2D eigenvalue weighted by Crippen LogP contribution is -2.06. The molecule has 1 aromatic heterocycles. The number of carboxylic acids is 1. The molecule has 0 spiro atoms. The normalized spacial score (nSPS) is 12.3. The Morgan fingerprint density at radius 2 is 2.00 bits per heavy atom. The fraction of sp³-hybridized carbons (Fsp3) is 0.167. The van der Waals surface area contributed by atoms with E-state index in [2.05, 4.69) is 5.10 Å². The largest absolute Gasteiger partial charge is 0.477 e. The van der Waals surface area contributed by atoms with E-state index in [0.29, 0.717) is 16.7 Å². The molecule has 1 aromatic carbocycles. The summed E-state index contributed by atoms with van der Waals surface area (Å²) in [6.07, 6.45) is 1.49. The summed E-state index contributed by atoms with van der Waals surface area (Å²) in [7, 11) is 1.57. The molecule has 0 bridgehead atoms. The first-order valence-corrected chi connectivity index (χ1v) is 6.68. The molecule has 2 rings (SSSR count). The lowest BCUT2D eigenvalue weighted by Gasteiger charge is -2.03. The molecule has 0 aliphatic rings. The van der Waals surface area contributed by atoms with Crippen LogP contribution in [0, 0.1) is 0 Å². The molecule has 1 heterocycles. The van der Waals surface area contributed by atoms with E-state index in [1.165, 1.54) is 10.9 Å². The highest BCUT2D eigenvalue weighted by atomic mass is 32.2. The minimum absolute atomic E-state index is 0.0547. The summed E-state index contributed by atoms with van der Waals surface area (Å²) in [6.45, 7) is 0. The Bertz CT molecular complexity index is 634. The molecule has 19 heavy (non-hydrogen) atoms. The second-order valence-electron chi connectivity index (χ2n) is 4.00. The Balaban J connectivity index is 2.37. The van der Waals surface area contributed by atoms with Gasteiger partial charge in [0.1, 0.15) is 0 Å². The van der Waals surface area contributed by atoms with Crippen molar-refractivity contribution in [3.8, 4) is 11.1 Å². The van der Waals surface area contributed by atoms with E-state index < -0.39 is 17.0 Å². The van der Waals surface area contributed by atoms with E-state index >= 15 is 0 Å². The molecule has 0 aliphatic carbocycles. The maximum Gasteiger partial charge on any atom is 0.354 e. The monoisotopic (exact) mass is 280 g/mol. The molecule has 0 fully saturated rings. The third kappa shape index (κ3) is 2.88. The Morgan fingerprint density at radius 1 is 1.37 bits per heavy atom. The Labute approximate surface area is 112 Å². The molecule has 7 heteroatoms. The van der Waals surface area contributed by atoms with E-state index in [-0.39, 0.29) is 11.4 Å². The first-order chi connectivity index (χ1) is 8.99. The van der Waals surface area contributed by atoms with Gasteiger partial charge in [0.2, 0.25) is 0 Å². The minimum atomic E-state index is -1.89. The lowest BCUT2D eigenvalue weighted by molar-refractivity contribution is 0.0686. The molecule has 2 N–H and O–H groups in total. The third-order valence-corrected chi connectivity index (χ3v) is 3.28. The average molecular weight is 280 g/mol. The van der Waals surface area contributed by atoms with E-state index in [0.717, 1.165) is 0 Å². The van der Waals surface area contributed by atoms with Crippen molar-refractivity contribution in [3.05, 3.63) is 41.7 Å². The molecular weight excluding hydrogens is 268 g/mol. The van der Waals surface area contributed by atoms with Gasteiger partial charge in [-0.15, -0.1) is 0 Å². The summed E-state index contributed by atoms with van der Waals surface area (Å²) >= 11 is -1.89. The molecule has 0 radical (unpaired) electrons. The third-order valence-electron chi connectivity index (χ3n) is 2.70. The summed E-state index contributed by atoms with van der Waals surface area (Å²) in [5.41, 5.74) is 2.05. The van der Waals surface area contributed by atoms with Gasteiger partial charge in [-0.3, -0.25) is 4.68 Å². The van der Waals surface area contributed by atoms with Crippen LogP contribution in [0.2, 0.25) is 0 Å². The second kappa shape index (κ2) is 5.33. The number of hydrogen-bond acceptors (Lipinski definition) is 3. The first kappa shape index (κ1) is 13.4. The standard InChI is InChI=1S/C12H12N2O4S/c1-14-11(12(15)16)10(6-13-14)9-4-2-8(3-5-9)7-19(17)18/h2-6H,7H2,1H3,(H,15,16)(H,17,18). The van der Waals surface area contributed by atoms with Crippen LogP contribution in [0.1, 0.15) is 16.1 Å². The number of aryl methyl sites for hydroxylation is 1. The predicted octanol–water partition coefficient (Wildman–Crippen LogP) is 1.51. The van der Waals surface area contributed by atoms with E-state index in [1.54, 1.807) is 31.3 Å². The van der Waals surface area contributed by atoms with Gasteiger partial charge < -0.3 is 9.66 Å². The Kier molecular flexibility index (Phi) is 3.77. The van der Waals surface area contributed by atoms with Crippen molar-refractivity contribution in [2.45, 2.75) is 5.75 Å². The van der Waals surface area contributed by atoms with Crippen LogP contribution >= 0.6 is 0 Å². The summed E-state index contributed by atoms with van der Waals surface area (Å²) in [5, 5.41) is 13.1. The maximum absolute atomic E-state index is 11.2. The average Bonchev–Trinajstić information content (AvgIpc) is 2.71. The fourth-order valence-electron chi connectivity index (χ4n) is 1.83. The molecule has 6 nitrogen and oxygen atoms in total. The molecule has 0 amide bonds. The van der Waals surface area contributed by atoms with Gasteiger partial charge in [-0.05, 0) is 11.1 Å². The second-order valence-corrected chi connectivity index (χ2v) is 4.93. The number of nitrogens with zero attached hydrogens (tertiary/aromatic N) is 2. The first-order valence-electron chi connectivity index (χ1n) is 5.41. The van der Waals surface area contributed by atoms with Gasteiger partial charge in [0.25, 0.3) is 0 Å². The number of benzene rings is 1. The molecule has 0 saturated carbocycles. The molecule has 100 valence electrons. The van der Waals surface area contributed by atoms with Crippen molar-refractivity contribution in [1.82, 2.24) is 9.78 Å². The van der Waals surface area contributed by atoms with Crippen LogP contribution < -0.4 is 0 Å². The van der Waals surface area contributed by atoms with E-state index in [4.69, 9.17) is 9.66 Å². The fourth-order valence-corrected chi connectivity index (χ4v) is 2.30. The molecule has 1 unspecified atom stereocenters. The number of carboxylic acid groups (broad SMARTS) is 1. The Hall–Kier alpha value is -1.99. The van der Waals surface area contributed by atoms with Crippen LogP contribution in [-0.2, 0) is 23.9 Å². The van der Waals surface area contributed by atoms with Crippen molar-refractivity contribution in [2.24, 2.45) is 7.05 Å². The molecule has 1 atom stereocenters. The zero-order valence-electron chi connectivity index (χ0n) is 10.1. The zero-order chi connectivity index (χ0) is 14.0. The van der Waals surface area contributed by atoms with Crippen molar-refractivity contribution in [1.29, 1.82) is 0 Å². The number of rotatable bonds is 4. The maximum atomic E-state index is 11.2. The molecular formula is C12H12N2O4S. The van der Waals surface area contributed by atoms with Gasteiger partial charge in [0, 0.05) is 12.6 Å². The van der Waals surface area contributed by atoms with Crippen LogP contribution in [0.4, 0.5) is 0 Å². The van der Waals surface area contributed by atoms with Gasteiger partial charge in [-0.2, -0.15) is 5.10 Å². The van der Waals surface area contributed by atoms with Gasteiger partial charge in [0.15, 0.2) is 16.8 Å². The molecule has 0 aliphatic heterocycles. The number of hydrogen-bond donors (Lipinski definition) is 2. The van der Waals surface area contributed by atoms with Crippen LogP contribution in [0.3, 0.4) is 0 Å².